The van der Waals surface area contributed by atoms with Gasteiger partial charge in [0.2, 0.25) is 11.7 Å². The monoisotopic (exact) mass is 442 g/mol. The van der Waals surface area contributed by atoms with Crippen LogP contribution < -0.4 is 29.2 Å². The molecule has 0 atom stereocenters. The molecule has 8 nitrogen and oxygen atoms in total. The molecule has 2 amide bonds. The number of fused-ring (bicyclic) bond motifs is 1. The standard InChI is InChI=1S/C24H30N2O6/c1-7-10-26-17-13-16(8-9-18(17)32-14-24(2,3)23(26)28)25-22(27)15-11-19(29-4)21(31-6)20(12-15)30-5/h8-9,11-13H,7,10,14H2,1-6H3,(H,25,27). The Morgan fingerprint density at radius 2 is 1.75 bits per heavy atom. The highest BCUT2D eigenvalue weighted by molar-refractivity contribution is 6.06. The summed E-state index contributed by atoms with van der Waals surface area (Å²) in [5.74, 6) is 1.43. The highest BCUT2D eigenvalue weighted by Crippen LogP contribution is 2.40. The predicted molar refractivity (Wildman–Crippen MR) is 122 cm³/mol. The molecule has 1 heterocycles. The molecule has 2 aromatic rings. The number of methoxy groups -OCH3 is 3. The summed E-state index contributed by atoms with van der Waals surface area (Å²) in [5, 5.41) is 2.88. The number of hydrogen-bond donors (Lipinski definition) is 1. The highest BCUT2D eigenvalue weighted by Gasteiger charge is 2.37. The highest BCUT2D eigenvalue weighted by atomic mass is 16.5. The summed E-state index contributed by atoms with van der Waals surface area (Å²) in [6.07, 6.45) is 0.795. The number of ether oxygens (including phenoxy) is 4. The van der Waals surface area contributed by atoms with Crippen LogP contribution in [0.2, 0.25) is 0 Å². The fraction of sp³-hybridized carbons (Fsp3) is 0.417. The molecular weight excluding hydrogens is 412 g/mol. The maximum absolute atomic E-state index is 13.1. The normalized spacial score (nSPS) is 14.7. The second-order valence-corrected chi connectivity index (χ2v) is 8.18. The van der Waals surface area contributed by atoms with Crippen molar-refractivity contribution in [3.05, 3.63) is 35.9 Å². The zero-order valence-corrected chi connectivity index (χ0v) is 19.4. The van der Waals surface area contributed by atoms with Crippen molar-refractivity contribution in [1.82, 2.24) is 0 Å². The molecule has 1 N–H and O–H groups in total. The molecule has 172 valence electrons. The van der Waals surface area contributed by atoms with Gasteiger partial charge in [-0.1, -0.05) is 6.92 Å². The number of carbonyl (C=O) groups excluding carboxylic acids is 2. The molecule has 0 radical (unpaired) electrons. The summed E-state index contributed by atoms with van der Waals surface area (Å²) in [5.41, 5.74) is 0.881. The first-order chi connectivity index (χ1) is 15.2. The van der Waals surface area contributed by atoms with Gasteiger partial charge in [0.1, 0.15) is 12.4 Å². The van der Waals surface area contributed by atoms with Crippen molar-refractivity contribution in [3.8, 4) is 23.0 Å². The SMILES string of the molecule is CCCN1C(=O)C(C)(C)COc2ccc(NC(=O)c3cc(OC)c(OC)c(OC)c3)cc21. The quantitative estimate of drug-likeness (QED) is 0.694. The number of anilines is 2. The second kappa shape index (κ2) is 9.38. The Bertz CT molecular complexity index is 993. The van der Waals surface area contributed by atoms with Crippen molar-refractivity contribution in [2.24, 2.45) is 5.41 Å². The Hall–Kier alpha value is -3.42. The molecule has 1 aliphatic heterocycles. The van der Waals surface area contributed by atoms with E-state index in [1.807, 2.05) is 20.8 Å². The first kappa shape index (κ1) is 23.2. The molecule has 0 spiro atoms. The Labute approximate surface area is 188 Å². The molecule has 0 saturated heterocycles. The third kappa shape index (κ3) is 4.44. The minimum atomic E-state index is -0.645. The van der Waals surface area contributed by atoms with Crippen LogP contribution in [0.4, 0.5) is 11.4 Å². The van der Waals surface area contributed by atoms with E-state index >= 15 is 0 Å². The fourth-order valence-electron chi connectivity index (χ4n) is 3.58. The molecule has 1 aliphatic rings. The van der Waals surface area contributed by atoms with Crippen molar-refractivity contribution in [1.29, 1.82) is 0 Å². The smallest absolute Gasteiger partial charge is 0.255 e. The summed E-state index contributed by atoms with van der Waals surface area (Å²) in [4.78, 5) is 27.8. The lowest BCUT2D eigenvalue weighted by molar-refractivity contribution is -0.127. The van der Waals surface area contributed by atoms with Crippen LogP contribution in [0.1, 0.15) is 37.6 Å². The Morgan fingerprint density at radius 1 is 1.09 bits per heavy atom. The predicted octanol–water partition coefficient (Wildman–Crippen LogP) is 4.13. The summed E-state index contributed by atoms with van der Waals surface area (Å²) < 4.78 is 21.9. The van der Waals surface area contributed by atoms with E-state index < -0.39 is 5.41 Å². The van der Waals surface area contributed by atoms with Gasteiger partial charge in [0.15, 0.2) is 11.5 Å². The molecular formula is C24H30N2O6. The van der Waals surface area contributed by atoms with Gasteiger partial charge in [-0.05, 0) is 50.6 Å². The molecule has 0 saturated carbocycles. The summed E-state index contributed by atoms with van der Waals surface area (Å²) in [7, 11) is 4.49. The molecule has 0 bridgehead atoms. The van der Waals surface area contributed by atoms with Crippen LogP contribution in [0.25, 0.3) is 0 Å². The van der Waals surface area contributed by atoms with Crippen molar-refractivity contribution in [2.75, 3.05) is 44.7 Å². The maximum Gasteiger partial charge on any atom is 0.255 e. The molecule has 0 aliphatic carbocycles. The van der Waals surface area contributed by atoms with Crippen LogP contribution in [0.3, 0.4) is 0 Å². The summed E-state index contributed by atoms with van der Waals surface area (Å²) in [6.45, 7) is 6.61. The zero-order valence-electron chi connectivity index (χ0n) is 19.4. The van der Waals surface area contributed by atoms with Crippen molar-refractivity contribution >= 4 is 23.2 Å². The Kier molecular flexibility index (Phi) is 6.81. The lowest BCUT2D eigenvalue weighted by atomic mass is 9.93. The molecule has 2 aromatic carbocycles. The van der Waals surface area contributed by atoms with Crippen LogP contribution in [-0.4, -0.2) is 46.3 Å². The maximum atomic E-state index is 13.1. The fourth-order valence-corrected chi connectivity index (χ4v) is 3.58. The van der Waals surface area contributed by atoms with Crippen molar-refractivity contribution in [2.45, 2.75) is 27.2 Å². The Morgan fingerprint density at radius 3 is 2.31 bits per heavy atom. The molecule has 0 fully saturated rings. The van der Waals surface area contributed by atoms with E-state index in [-0.39, 0.29) is 18.4 Å². The van der Waals surface area contributed by atoms with E-state index in [2.05, 4.69) is 5.32 Å². The van der Waals surface area contributed by atoms with Gasteiger partial charge in [-0.25, -0.2) is 0 Å². The largest absolute Gasteiger partial charge is 0.493 e. The van der Waals surface area contributed by atoms with Crippen molar-refractivity contribution in [3.63, 3.8) is 0 Å². The average Bonchev–Trinajstić information content (AvgIpc) is 2.88. The minimum Gasteiger partial charge on any atom is -0.493 e. The van der Waals surface area contributed by atoms with E-state index in [1.54, 1.807) is 35.2 Å². The van der Waals surface area contributed by atoms with E-state index in [0.29, 0.717) is 46.5 Å². The zero-order chi connectivity index (χ0) is 23.5. The van der Waals surface area contributed by atoms with Crippen molar-refractivity contribution < 1.29 is 28.5 Å². The van der Waals surface area contributed by atoms with Crippen LogP contribution >= 0.6 is 0 Å². The Balaban J connectivity index is 1.94. The van der Waals surface area contributed by atoms with Gasteiger partial charge in [-0.15, -0.1) is 0 Å². The molecule has 32 heavy (non-hydrogen) atoms. The number of nitrogens with zero attached hydrogens (tertiary/aromatic N) is 1. The van der Waals surface area contributed by atoms with E-state index in [4.69, 9.17) is 18.9 Å². The lowest BCUT2D eigenvalue weighted by Gasteiger charge is -2.27. The van der Waals surface area contributed by atoms with Gasteiger partial charge >= 0.3 is 0 Å². The number of carbonyl (C=O) groups is 2. The first-order valence-corrected chi connectivity index (χ1v) is 10.5. The molecule has 0 aromatic heterocycles. The number of amides is 2. The summed E-state index contributed by atoms with van der Waals surface area (Å²) >= 11 is 0. The van der Waals surface area contributed by atoms with Crippen LogP contribution in [-0.2, 0) is 4.79 Å². The third-order valence-electron chi connectivity index (χ3n) is 5.29. The van der Waals surface area contributed by atoms with E-state index in [1.165, 1.54) is 21.3 Å². The topological polar surface area (TPSA) is 86.3 Å². The third-order valence-corrected chi connectivity index (χ3v) is 5.29. The van der Waals surface area contributed by atoms with Crippen LogP contribution in [0.15, 0.2) is 30.3 Å². The number of rotatable bonds is 7. The van der Waals surface area contributed by atoms with Crippen LogP contribution in [0, 0.1) is 5.41 Å². The number of nitrogens with one attached hydrogen (secondary N) is 1. The lowest BCUT2D eigenvalue weighted by Crippen LogP contribution is -2.42. The van der Waals surface area contributed by atoms with Gasteiger partial charge in [0.05, 0.1) is 32.4 Å². The van der Waals surface area contributed by atoms with Gasteiger partial charge in [0.25, 0.3) is 5.91 Å². The van der Waals surface area contributed by atoms with Crippen LogP contribution in [0.5, 0.6) is 23.0 Å². The summed E-state index contributed by atoms with van der Waals surface area (Å²) in [6, 6.07) is 8.46. The van der Waals surface area contributed by atoms with Gasteiger partial charge in [-0.2, -0.15) is 0 Å². The average molecular weight is 443 g/mol. The number of benzene rings is 2. The van der Waals surface area contributed by atoms with E-state index in [9.17, 15) is 9.59 Å². The molecule has 8 heteroatoms. The number of hydrogen-bond acceptors (Lipinski definition) is 6. The van der Waals surface area contributed by atoms with Gasteiger partial charge in [0, 0.05) is 17.8 Å². The van der Waals surface area contributed by atoms with E-state index in [0.717, 1.165) is 6.42 Å². The molecule has 3 rings (SSSR count). The first-order valence-electron chi connectivity index (χ1n) is 10.5. The van der Waals surface area contributed by atoms with Gasteiger partial charge < -0.3 is 29.2 Å². The van der Waals surface area contributed by atoms with Gasteiger partial charge in [-0.3, -0.25) is 9.59 Å². The molecule has 0 unspecified atom stereocenters. The minimum absolute atomic E-state index is 0.00814. The second-order valence-electron chi connectivity index (χ2n) is 8.18.